The molecule has 2 nitrogen and oxygen atoms in total. The molecule has 22 heavy (non-hydrogen) atoms. The number of rotatable bonds is 0. The summed E-state index contributed by atoms with van der Waals surface area (Å²) in [5, 5.41) is 0. The summed E-state index contributed by atoms with van der Waals surface area (Å²) in [7, 11) is 0. The lowest BCUT2D eigenvalue weighted by Crippen LogP contribution is -2.58. The monoisotopic (exact) mass is 298 g/mol. The summed E-state index contributed by atoms with van der Waals surface area (Å²) < 4.78 is 0. The molecule has 4 aliphatic rings. The minimum absolute atomic E-state index is 0.0303. The number of hydrogen-bond acceptors (Lipinski definition) is 2. The van der Waals surface area contributed by atoms with Gasteiger partial charge in [-0.25, -0.2) is 0 Å². The van der Waals surface area contributed by atoms with Crippen molar-refractivity contribution in [1.82, 2.24) is 0 Å². The molecule has 0 aliphatic heterocycles. The van der Waals surface area contributed by atoms with Gasteiger partial charge in [-0.3, -0.25) is 9.59 Å². The van der Waals surface area contributed by atoms with Gasteiger partial charge in [0.1, 0.15) is 5.78 Å². The molecular formula is C20H26O2. The Labute approximate surface area is 133 Å². The fourth-order valence-corrected chi connectivity index (χ4v) is 6.52. The smallest absolute Gasteiger partial charge is 0.157 e. The van der Waals surface area contributed by atoms with Crippen LogP contribution in [-0.4, -0.2) is 11.6 Å². The van der Waals surface area contributed by atoms with Gasteiger partial charge in [0.15, 0.2) is 5.78 Å². The maximum atomic E-state index is 13.0. The molecule has 1 spiro atoms. The van der Waals surface area contributed by atoms with E-state index in [1.807, 2.05) is 6.92 Å². The van der Waals surface area contributed by atoms with E-state index in [0.717, 1.165) is 24.8 Å². The number of Topliss-reactive ketones (excluding diaryl/α,β-unsaturated/α-hetero) is 2. The molecule has 4 aliphatic carbocycles. The first-order valence-electron chi connectivity index (χ1n) is 8.66. The number of allylic oxidation sites excluding steroid dienone is 4. The van der Waals surface area contributed by atoms with Crippen LogP contribution in [0.3, 0.4) is 0 Å². The van der Waals surface area contributed by atoms with Gasteiger partial charge in [-0.05, 0) is 48.9 Å². The molecule has 0 amide bonds. The molecule has 2 heteroatoms. The van der Waals surface area contributed by atoms with Crippen LogP contribution in [0.2, 0.25) is 0 Å². The zero-order chi connectivity index (χ0) is 15.9. The average Bonchev–Trinajstić information content (AvgIpc) is 2.57. The van der Waals surface area contributed by atoms with E-state index in [2.05, 4.69) is 39.0 Å². The molecule has 0 aromatic heterocycles. The van der Waals surface area contributed by atoms with Gasteiger partial charge >= 0.3 is 0 Å². The molecule has 0 aromatic rings. The second kappa shape index (κ2) is 4.01. The third-order valence-corrected chi connectivity index (χ3v) is 7.42. The third kappa shape index (κ3) is 1.47. The van der Waals surface area contributed by atoms with Crippen molar-refractivity contribution < 1.29 is 9.59 Å². The van der Waals surface area contributed by atoms with Crippen molar-refractivity contribution in [3.63, 3.8) is 0 Å². The van der Waals surface area contributed by atoms with Crippen LogP contribution >= 0.6 is 0 Å². The molecule has 0 unspecified atom stereocenters. The van der Waals surface area contributed by atoms with Gasteiger partial charge in [0.05, 0.1) is 11.3 Å². The van der Waals surface area contributed by atoms with Crippen molar-refractivity contribution in [2.75, 3.05) is 0 Å². The maximum absolute atomic E-state index is 13.0. The van der Waals surface area contributed by atoms with Crippen molar-refractivity contribution in [2.45, 2.75) is 53.4 Å². The van der Waals surface area contributed by atoms with Crippen molar-refractivity contribution in [3.05, 3.63) is 23.8 Å². The molecule has 2 saturated carbocycles. The zero-order valence-electron chi connectivity index (χ0n) is 14.1. The van der Waals surface area contributed by atoms with Gasteiger partial charge in [0.25, 0.3) is 0 Å². The van der Waals surface area contributed by atoms with Crippen molar-refractivity contribution in [3.8, 4) is 0 Å². The SMILES string of the molecule is CC1=C[C@]23CC[C@H]4C(C)(C)CC=C[C@]4(C)[C@H]2CC(=O)[C@H]1C3=O. The molecule has 0 radical (unpaired) electrons. The largest absolute Gasteiger partial charge is 0.299 e. The van der Waals surface area contributed by atoms with Gasteiger partial charge in [-0.1, -0.05) is 44.6 Å². The fraction of sp³-hybridized carbons (Fsp3) is 0.700. The molecule has 0 N–H and O–H groups in total. The van der Waals surface area contributed by atoms with Crippen LogP contribution in [-0.2, 0) is 9.59 Å². The first-order chi connectivity index (χ1) is 10.2. The standard InChI is InChI=1S/C20H26O2/c1-12-11-20-9-6-14-18(2,3)7-5-8-19(14,4)15(20)10-13(21)16(12)17(20)22/h5,8,11,14-16H,6-7,9-10H2,1-4H3/t14-,15+,16-,19-,20+/m0/s1. The Hall–Kier alpha value is -1.18. The Kier molecular flexibility index (Phi) is 2.63. The first-order valence-corrected chi connectivity index (χ1v) is 8.66. The lowest BCUT2D eigenvalue weighted by molar-refractivity contribution is -0.155. The number of hydrogen-bond donors (Lipinski definition) is 0. The summed E-state index contributed by atoms with van der Waals surface area (Å²) in [4.78, 5) is 25.7. The Morgan fingerprint density at radius 1 is 1.14 bits per heavy atom. The van der Waals surface area contributed by atoms with Gasteiger partial charge in [0.2, 0.25) is 0 Å². The van der Waals surface area contributed by atoms with Crippen LogP contribution in [0.1, 0.15) is 53.4 Å². The number of carbonyl (C=O) groups excluding carboxylic acids is 2. The number of carbonyl (C=O) groups is 2. The second-order valence-corrected chi connectivity index (χ2v) is 9.00. The Morgan fingerprint density at radius 2 is 1.86 bits per heavy atom. The Bertz CT molecular complexity index is 638. The summed E-state index contributed by atoms with van der Waals surface area (Å²) in [6.45, 7) is 8.99. The summed E-state index contributed by atoms with van der Waals surface area (Å²) in [6, 6.07) is 0. The predicted octanol–water partition coefficient (Wildman–Crippen LogP) is 4.11. The fourth-order valence-electron chi connectivity index (χ4n) is 6.52. The van der Waals surface area contributed by atoms with E-state index < -0.39 is 5.92 Å². The van der Waals surface area contributed by atoms with Crippen molar-refractivity contribution in [1.29, 1.82) is 0 Å². The van der Waals surface area contributed by atoms with Crippen LogP contribution in [0.25, 0.3) is 0 Å². The summed E-state index contributed by atoms with van der Waals surface area (Å²) >= 11 is 0. The quantitative estimate of drug-likeness (QED) is 0.498. The van der Waals surface area contributed by atoms with Crippen LogP contribution in [0.4, 0.5) is 0 Å². The van der Waals surface area contributed by atoms with Crippen LogP contribution < -0.4 is 0 Å². The highest BCUT2D eigenvalue weighted by atomic mass is 16.2. The molecule has 4 rings (SSSR count). The molecule has 2 bridgehead atoms. The molecule has 0 saturated heterocycles. The predicted molar refractivity (Wildman–Crippen MR) is 86.2 cm³/mol. The lowest BCUT2D eigenvalue weighted by atomic mass is 9.42. The minimum atomic E-state index is -0.419. The molecule has 5 atom stereocenters. The van der Waals surface area contributed by atoms with Gasteiger partial charge in [-0.15, -0.1) is 0 Å². The molecule has 0 aromatic carbocycles. The van der Waals surface area contributed by atoms with E-state index in [-0.39, 0.29) is 33.7 Å². The summed E-state index contributed by atoms with van der Waals surface area (Å²) in [5.74, 6) is 0.672. The van der Waals surface area contributed by atoms with Crippen molar-refractivity contribution in [2.24, 2.45) is 34.0 Å². The van der Waals surface area contributed by atoms with Crippen LogP contribution in [0.15, 0.2) is 23.8 Å². The van der Waals surface area contributed by atoms with Gasteiger partial charge < -0.3 is 0 Å². The Balaban J connectivity index is 1.89. The van der Waals surface area contributed by atoms with E-state index in [0.29, 0.717) is 12.3 Å². The van der Waals surface area contributed by atoms with E-state index in [1.54, 1.807) is 0 Å². The normalized spacial score (nSPS) is 48.7. The number of fused-ring (bicyclic) bond motifs is 3. The van der Waals surface area contributed by atoms with E-state index in [9.17, 15) is 9.59 Å². The van der Waals surface area contributed by atoms with Gasteiger partial charge in [-0.2, -0.15) is 0 Å². The highest BCUT2D eigenvalue weighted by molar-refractivity contribution is 6.13. The zero-order valence-corrected chi connectivity index (χ0v) is 14.1. The molecule has 0 heterocycles. The van der Waals surface area contributed by atoms with Crippen molar-refractivity contribution >= 4 is 11.6 Å². The molecule has 2 fully saturated rings. The highest BCUT2D eigenvalue weighted by Crippen LogP contribution is 2.67. The third-order valence-electron chi connectivity index (χ3n) is 7.42. The number of ketones is 2. The first kappa shape index (κ1) is 14.4. The maximum Gasteiger partial charge on any atom is 0.157 e. The van der Waals surface area contributed by atoms with E-state index in [4.69, 9.17) is 0 Å². The Morgan fingerprint density at radius 3 is 2.59 bits per heavy atom. The highest BCUT2D eigenvalue weighted by Gasteiger charge is 2.66. The minimum Gasteiger partial charge on any atom is -0.299 e. The lowest BCUT2D eigenvalue weighted by Gasteiger charge is -2.60. The van der Waals surface area contributed by atoms with E-state index >= 15 is 0 Å². The summed E-state index contributed by atoms with van der Waals surface area (Å²) in [6.07, 6.45) is 10.5. The average molecular weight is 298 g/mol. The molecular weight excluding hydrogens is 272 g/mol. The molecule has 118 valence electrons. The topological polar surface area (TPSA) is 34.1 Å². The summed E-state index contributed by atoms with van der Waals surface area (Å²) in [5.41, 5.74) is 0.882. The second-order valence-electron chi connectivity index (χ2n) is 9.00. The van der Waals surface area contributed by atoms with Crippen LogP contribution in [0, 0.1) is 34.0 Å². The van der Waals surface area contributed by atoms with Gasteiger partial charge in [0, 0.05) is 6.42 Å². The van der Waals surface area contributed by atoms with E-state index in [1.165, 1.54) is 0 Å². The van der Waals surface area contributed by atoms with Crippen LogP contribution in [0.5, 0.6) is 0 Å².